The maximum absolute atomic E-state index is 13.6. The highest BCUT2D eigenvalue weighted by atomic mass is 19.1. The van der Waals surface area contributed by atoms with Crippen LogP contribution in [0, 0.1) is 21.7 Å². The van der Waals surface area contributed by atoms with Crippen LogP contribution in [0.2, 0.25) is 0 Å². The van der Waals surface area contributed by atoms with Crippen molar-refractivity contribution >= 4 is 17.6 Å². The number of halogens is 2. The molecule has 0 aliphatic rings. The second-order valence-electron chi connectivity index (χ2n) is 4.26. The highest BCUT2D eigenvalue weighted by Crippen LogP contribution is 2.22. The number of carbonyl (C=O) groups excluding carboxylic acids is 1. The van der Waals surface area contributed by atoms with E-state index >= 15 is 0 Å². The van der Waals surface area contributed by atoms with Gasteiger partial charge in [-0.2, -0.15) is 4.39 Å². The van der Waals surface area contributed by atoms with Gasteiger partial charge in [0.15, 0.2) is 0 Å². The molecule has 7 nitrogen and oxygen atoms in total. The Labute approximate surface area is 117 Å². The van der Waals surface area contributed by atoms with E-state index in [0.29, 0.717) is 12.1 Å². The van der Waals surface area contributed by atoms with E-state index in [9.17, 15) is 28.5 Å². The molecule has 0 aliphatic heterocycles. The third kappa shape index (κ3) is 4.20. The van der Waals surface area contributed by atoms with Gasteiger partial charge in [-0.05, 0) is 12.5 Å². The van der Waals surface area contributed by atoms with Crippen LogP contribution in [0.3, 0.4) is 0 Å². The van der Waals surface area contributed by atoms with Crippen LogP contribution in [-0.2, 0) is 4.79 Å². The summed E-state index contributed by atoms with van der Waals surface area (Å²) in [6.45, 7) is 0.0309. The molecule has 1 rings (SSSR count). The van der Waals surface area contributed by atoms with Gasteiger partial charge in [0.1, 0.15) is 5.82 Å². The first-order valence-electron chi connectivity index (χ1n) is 5.84. The highest BCUT2D eigenvalue weighted by molar-refractivity contribution is 5.94. The molecule has 1 aromatic rings. The minimum Gasteiger partial charge on any atom is -0.481 e. The number of rotatable bonds is 6. The average Bonchev–Trinajstić information content (AvgIpc) is 2.39. The molecular weight excluding hydrogens is 290 g/mol. The fourth-order valence-corrected chi connectivity index (χ4v) is 1.61. The molecule has 0 heterocycles. The monoisotopic (exact) mass is 302 g/mol. The van der Waals surface area contributed by atoms with Crippen LogP contribution in [0.4, 0.5) is 14.5 Å². The quantitative estimate of drug-likeness (QED) is 0.638. The number of carbonyl (C=O) groups is 2. The molecule has 1 aromatic carbocycles. The Morgan fingerprint density at radius 3 is 2.48 bits per heavy atom. The number of amides is 1. The summed E-state index contributed by atoms with van der Waals surface area (Å²) in [6, 6.07) is 0.803. The molecule has 0 aliphatic carbocycles. The van der Waals surface area contributed by atoms with Crippen LogP contribution in [-0.4, -0.2) is 40.4 Å². The van der Waals surface area contributed by atoms with Gasteiger partial charge in [-0.1, -0.05) is 0 Å². The van der Waals surface area contributed by atoms with E-state index in [1.807, 2.05) is 0 Å². The van der Waals surface area contributed by atoms with Crippen LogP contribution >= 0.6 is 0 Å². The number of nitro groups is 1. The van der Waals surface area contributed by atoms with Gasteiger partial charge in [0.25, 0.3) is 5.91 Å². The molecule has 9 heteroatoms. The summed E-state index contributed by atoms with van der Waals surface area (Å²) in [5.41, 5.74) is -1.70. The SMILES string of the molecule is CN(CCCC(=O)O)C(=O)c1cc(F)c([N+](=O)[O-])cc1F. The Morgan fingerprint density at radius 1 is 1.33 bits per heavy atom. The lowest BCUT2D eigenvalue weighted by Crippen LogP contribution is -2.29. The zero-order valence-electron chi connectivity index (χ0n) is 11.0. The van der Waals surface area contributed by atoms with Gasteiger partial charge in [0.2, 0.25) is 5.82 Å². The fraction of sp³-hybridized carbons (Fsp3) is 0.333. The van der Waals surface area contributed by atoms with Crippen molar-refractivity contribution in [3.63, 3.8) is 0 Å². The van der Waals surface area contributed by atoms with E-state index in [4.69, 9.17) is 5.11 Å². The summed E-state index contributed by atoms with van der Waals surface area (Å²) in [6.07, 6.45) is -0.0244. The molecule has 1 amide bonds. The summed E-state index contributed by atoms with van der Waals surface area (Å²) >= 11 is 0. The number of aliphatic carboxylic acids is 1. The maximum atomic E-state index is 13.6. The van der Waals surface area contributed by atoms with Gasteiger partial charge in [-0.3, -0.25) is 19.7 Å². The van der Waals surface area contributed by atoms with Crippen molar-refractivity contribution in [3.8, 4) is 0 Å². The van der Waals surface area contributed by atoms with Gasteiger partial charge in [-0.25, -0.2) is 4.39 Å². The third-order valence-corrected chi connectivity index (χ3v) is 2.69. The van der Waals surface area contributed by atoms with E-state index in [0.717, 1.165) is 4.90 Å². The summed E-state index contributed by atoms with van der Waals surface area (Å²) < 4.78 is 27.0. The van der Waals surface area contributed by atoms with Crippen molar-refractivity contribution in [2.75, 3.05) is 13.6 Å². The number of hydrogen-bond donors (Lipinski definition) is 1. The Hall–Kier alpha value is -2.58. The Kier molecular flexibility index (Phi) is 5.28. The topological polar surface area (TPSA) is 101 Å². The van der Waals surface area contributed by atoms with Crippen LogP contribution in [0.25, 0.3) is 0 Å². The molecule has 0 radical (unpaired) electrons. The fourth-order valence-electron chi connectivity index (χ4n) is 1.61. The lowest BCUT2D eigenvalue weighted by Gasteiger charge is -2.17. The Balaban J connectivity index is 2.89. The van der Waals surface area contributed by atoms with E-state index < -0.39 is 39.7 Å². The molecule has 0 saturated carbocycles. The minimum absolute atomic E-state index is 0.0309. The van der Waals surface area contributed by atoms with E-state index in [2.05, 4.69) is 0 Å². The summed E-state index contributed by atoms with van der Waals surface area (Å²) in [7, 11) is 1.29. The molecule has 0 bridgehead atoms. The van der Waals surface area contributed by atoms with E-state index in [-0.39, 0.29) is 19.4 Å². The first-order chi connectivity index (χ1) is 9.73. The molecule has 0 atom stereocenters. The molecule has 0 saturated heterocycles. The first kappa shape index (κ1) is 16.5. The lowest BCUT2D eigenvalue weighted by atomic mass is 10.1. The molecule has 114 valence electrons. The Bertz CT molecular complexity index is 591. The van der Waals surface area contributed by atoms with Crippen LogP contribution < -0.4 is 0 Å². The number of hydrogen-bond acceptors (Lipinski definition) is 4. The van der Waals surface area contributed by atoms with E-state index in [1.54, 1.807) is 0 Å². The molecule has 0 spiro atoms. The number of nitro benzene ring substituents is 1. The van der Waals surface area contributed by atoms with Crippen molar-refractivity contribution in [1.82, 2.24) is 4.90 Å². The van der Waals surface area contributed by atoms with Crippen LogP contribution in [0.15, 0.2) is 12.1 Å². The summed E-state index contributed by atoms with van der Waals surface area (Å²) in [5.74, 6) is -4.45. The molecule has 21 heavy (non-hydrogen) atoms. The second-order valence-corrected chi connectivity index (χ2v) is 4.26. The number of carboxylic acids is 1. The van der Waals surface area contributed by atoms with Gasteiger partial charge in [0.05, 0.1) is 16.6 Å². The van der Waals surface area contributed by atoms with Crippen molar-refractivity contribution in [2.45, 2.75) is 12.8 Å². The molecule has 0 fully saturated rings. The van der Waals surface area contributed by atoms with Gasteiger partial charge in [0, 0.05) is 20.0 Å². The second kappa shape index (κ2) is 6.73. The third-order valence-electron chi connectivity index (χ3n) is 2.69. The van der Waals surface area contributed by atoms with Crippen molar-refractivity contribution in [1.29, 1.82) is 0 Å². The zero-order chi connectivity index (χ0) is 16.2. The van der Waals surface area contributed by atoms with E-state index in [1.165, 1.54) is 7.05 Å². The van der Waals surface area contributed by atoms with Crippen molar-refractivity contribution in [2.24, 2.45) is 0 Å². The number of benzene rings is 1. The van der Waals surface area contributed by atoms with Gasteiger partial charge < -0.3 is 10.0 Å². The smallest absolute Gasteiger partial charge is 0.307 e. The minimum atomic E-state index is -1.32. The molecule has 1 N–H and O–H groups in total. The Morgan fingerprint density at radius 2 is 1.95 bits per heavy atom. The summed E-state index contributed by atoms with van der Waals surface area (Å²) in [4.78, 5) is 32.6. The van der Waals surface area contributed by atoms with Crippen molar-refractivity contribution < 1.29 is 28.4 Å². The standard InChI is InChI=1S/C12H12F2N2O5/c1-15(4-2-3-11(17)18)12(19)7-5-9(14)10(16(20)21)6-8(7)13/h5-6H,2-4H2,1H3,(H,17,18). The zero-order valence-corrected chi connectivity index (χ0v) is 11.0. The largest absolute Gasteiger partial charge is 0.481 e. The van der Waals surface area contributed by atoms with Crippen molar-refractivity contribution in [3.05, 3.63) is 39.4 Å². The first-order valence-corrected chi connectivity index (χ1v) is 5.84. The maximum Gasteiger partial charge on any atom is 0.307 e. The molecular formula is C12H12F2N2O5. The molecule has 0 unspecified atom stereocenters. The molecule has 0 aromatic heterocycles. The van der Waals surface area contributed by atoms with Crippen LogP contribution in [0.5, 0.6) is 0 Å². The lowest BCUT2D eigenvalue weighted by molar-refractivity contribution is -0.387. The average molecular weight is 302 g/mol. The van der Waals surface area contributed by atoms with Crippen LogP contribution in [0.1, 0.15) is 23.2 Å². The predicted molar refractivity (Wildman–Crippen MR) is 66.8 cm³/mol. The number of carboxylic acid groups (broad SMARTS) is 1. The highest BCUT2D eigenvalue weighted by Gasteiger charge is 2.23. The number of nitrogens with zero attached hydrogens (tertiary/aromatic N) is 2. The van der Waals surface area contributed by atoms with Gasteiger partial charge in [-0.15, -0.1) is 0 Å². The summed E-state index contributed by atoms with van der Waals surface area (Å²) in [5, 5.41) is 18.9. The predicted octanol–water partition coefficient (Wildman–Crippen LogP) is 1.81. The normalized spacial score (nSPS) is 10.2. The van der Waals surface area contributed by atoms with Gasteiger partial charge >= 0.3 is 11.7 Å².